The lowest BCUT2D eigenvalue weighted by Crippen LogP contribution is -2.24. The SMILES string of the molecule is CCOc1cc(CCCN=C(N)Nc2ccccc2OC(F)(F)F)ccc1OC. The molecule has 2 aromatic carbocycles. The van der Waals surface area contributed by atoms with E-state index in [2.05, 4.69) is 15.0 Å². The number of halogens is 3. The van der Waals surface area contributed by atoms with Crippen LogP contribution in [0.15, 0.2) is 47.5 Å². The topological polar surface area (TPSA) is 78.1 Å². The Hall–Kier alpha value is -3.10. The van der Waals surface area contributed by atoms with Gasteiger partial charge in [0.25, 0.3) is 0 Å². The Kier molecular flexibility index (Phi) is 7.99. The van der Waals surface area contributed by atoms with Gasteiger partial charge in [-0.15, -0.1) is 13.2 Å². The molecule has 0 saturated carbocycles. The molecule has 3 N–H and O–H groups in total. The van der Waals surface area contributed by atoms with Crippen molar-refractivity contribution in [3.05, 3.63) is 48.0 Å². The number of guanidine groups is 1. The molecule has 0 aliphatic heterocycles. The summed E-state index contributed by atoms with van der Waals surface area (Å²) in [5.74, 6) is 0.980. The normalized spacial score (nSPS) is 11.8. The number of para-hydroxylation sites is 2. The van der Waals surface area contributed by atoms with Crippen molar-refractivity contribution in [2.24, 2.45) is 10.7 Å². The maximum Gasteiger partial charge on any atom is 0.573 e. The first-order valence-electron chi connectivity index (χ1n) is 9.03. The number of nitrogens with two attached hydrogens (primary N) is 1. The fraction of sp³-hybridized carbons (Fsp3) is 0.350. The van der Waals surface area contributed by atoms with Crippen molar-refractivity contribution in [1.82, 2.24) is 0 Å². The summed E-state index contributed by atoms with van der Waals surface area (Å²) in [6, 6.07) is 11.3. The van der Waals surface area contributed by atoms with Gasteiger partial charge in [-0.1, -0.05) is 18.2 Å². The molecule has 0 saturated heterocycles. The van der Waals surface area contributed by atoms with Crippen LogP contribution >= 0.6 is 0 Å². The maximum absolute atomic E-state index is 12.5. The zero-order valence-corrected chi connectivity index (χ0v) is 16.3. The fourth-order valence-corrected chi connectivity index (χ4v) is 2.59. The molecule has 6 nitrogen and oxygen atoms in total. The van der Waals surface area contributed by atoms with Crippen LogP contribution in [-0.4, -0.2) is 32.6 Å². The van der Waals surface area contributed by atoms with Crippen molar-refractivity contribution in [3.8, 4) is 17.2 Å². The number of aliphatic imine (C=N–C) groups is 1. The number of alkyl halides is 3. The second kappa shape index (κ2) is 10.4. The Labute approximate surface area is 167 Å². The molecular formula is C20H24F3N3O3. The predicted octanol–water partition coefficient (Wildman–Crippen LogP) is 4.35. The monoisotopic (exact) mass is 411 g/mol. The van der Waals surface area contributed by atoms with Crippen molar-refractivity contribution in [2.75, 3.05) is 25.6 Å². The quantitative estimate of drug-likeness (QED) is 0.364. The molecule has 0 aliphatic carbocycles. The molecule has 0 aromatic heterocycles. The molecule has 0 bridgehead atoms. The molecule has 0 fully saturated rings. The van der Waals surface area contributed by atoms with E-state index in [1.54, 1.807) is 13.2 Å². The lowest BCUT2D eigenvalue weighted by atomic mass is 10.1. The highest BCUT2D eigenvalue weighted by atomic mass is 19.4. The Morgan fingerprint density at radius 1 is 1.10 bits per heavy atom. The molecule has 2 rings (SSSR count). The molecule has 0 spiro atoms. The van der Waals surface area contributed by atoms with E-state index in [-0.39, 0.29) is 17.4 Å². The van der Waals surface area contributed by atoms with E-state index in [1.807, 2.05) is 25.1 Å². The lowest BCUT2D eigenvalue weighted by Gasteiger charge is -2.14. The summed E-state index contributed by atoms with van der Waals surface area (Å²) in [5, 5.41) is 2.64. The third-order valence-corrected chi connectivity index (χ3v) is 3.81. The fourth-order valence-electron chi connectivity index (χ4n) is 2.59. The highest BCUT2D eigenvalue weighted by Crippen LogP contribution is 2.30. The zero-order valence-electron chi connectivity index (χ0n) is 16.3. The third kappa shape index (κ3) is 7.44. The van der Waals surface area contributed by atoms with E-state index in [4.69, 9.17) is 15.2 Å². The molecule has 0 heterocycles. The number of nitrogens with zero attached hydrogens (tertiary/aromatic N) is 1. The van der Waals surface area contributed by atoms with Gasteiger partial charge >= 0.3 is 6.36 Å². The second-order valence-corrected chi connectivity index (χ2v) is 5.96. The second-order valence-electron chi connectivity index (χ2n) is 5.96. The van der Waals surface area contributed by atoms with E-state index in [9.17, 15) is 13.2 Å². The van der Waals surface area contributed by atoms with E-state index >= 15 is 0 Å². The number of anilines is 1. The van der Waals surface area contributed by atoms with E-state index in [1.165, 1.54) is 18.2 Å². The molecule has 29 heavy (non-hydrogen) atoms. The standard InChI is InChI=1S/C20H24F3N3O3/c1-3-28-18-13-14(10-11-17(18)27-2)7-6-12-25-19(24)26-15-8-4-5-9-16(15)29-20(21,22)23/h4-5,8-11,13H,3,6-7,12H2,1-2H3,(H3,24,25,26). The molecule has 2 aromatic rings. The number of methoxy groups -OCH3 is 1. The van der Waals surface area contributed by atoms with Gasteiger partial charge in [0.1, 0.15) is 0 Å². The van der Waals surface area contributed by atoms with Crippen molar-refractivity contribution >= 4 is 11.6 Å². The number of aryl methyl sites for hydroxylation is 1. The van der Waals surface area contributed by atoms with Gasteiger partial charge in [-0.2, -0.15) is 0 Å². The highest BCUT2D eigenvalue weighted by Gasteiger charge is 2.32. The van der Waals surface area contributed by atoms with Crippen molar-refractivity contribution in [3.63, 3.8) is 0 Å². The van der Waals surface area contributed by atoms with Crippen LogP contribution in [0.4, 0.5) is 18.9 Å². The van der Waals surface area contributed by atoms with Gasteiger partial charge in [0.15, 0.2) is 23.2 Å². The number of rotatable bonds is 9. The van der Waals surface area contributed by atoms with E-state index in [0.29, 0.717) is 31.1 Å². The van der Waals surface area contributed by atoms with Gasteiger partial charge in [-0.25, -0.2) is 0 Å². The van der Waals surface area contributed by atoms with Crippen molar-refractivity contribution < 1.29 is 27.4 Å². The molecule has 0 unspecified atom stereocenters. The smallest absolute Gasteiger partial charge is 0.493 e. The lowest BCUT2D eigenvalue weighted by molar-refractivity contribution is -0.274. The van der Waals surface area contributed by atoms with Gasteiger partial charge < -0.3 is 25.3 Å². The van der Waals surface area contributed by atoms with Crippen LogP contribution < -0.4 is 25.3 Å². The van der Waals surface area contributed by atoms with Crippen LogP contribution in [0, 0.1) is 0 Å². The number of ether oxygens (including phenoxy) is 3. The van der Waals surface area contributed by atoms with Crippen LogP contribution in [0.3, 0.4) is 0 Å². The van der Waals surface area contributed by atoms with Crippen LogP contribution in [0.5, 0.6) is 17.2 Å². The first kappa shape index (κ1) is 22.2. The Morgan fingerprint density at radius 2 is 1.86 bits per heavy atom. The van der Waals surface area contributed by atoms with Gasteiger partial charge in [0.2, 0.25) is 0 Å². The minimum absolute atomic E-state index is 0.00737. The van der Waals surface area contributed by atoms with E-state index < -0.39 is 6.36 Å². The van der Waals surface area contributed by atoms with Crippen LogP contribution in [0.1, 0.15) is 18.9 Å². The molecular weight excluding hydrogens is 387 g/mol. The van der Waals surface area contributed by atoms with Crippen LogP contribution in [0.25, 0.3) is 0 Å². The van der Waals surface area contributed by atoms with Crippen molar-refractivity contribution in [2.45, 2.75) is 26.1 Å². The number of hydrogen-bond donors (Lipinski definition) is 2. The Bertz CT molecular complexity index is 826. The number of hydrogen-bond acceptors (Lipinski definition) is 4. The minimum Gasteiger partial charge on any atom is -0.493 e. The number of benzene rings is 2. The van der Waals surface area contributed by atoms with Gasteiger partial charge in [0, 0.05) is 6.54 Å². The molecule has 0 atom stereocenters. The van der Waals surface area contributed by atoms with Crippen LogP contribution in [0.2, 0.25) is 0 Å². The molecule has 158 valence electrons. The summed E-state index contributed by atoms with van der Waals surface area (Å²) in [4.78, 5) is 4.16. The predicted molar refractivity (Wildman–Crippen MR) is 106 cm³/mol. The number of nitrogens with one attached hydrogen (secondary N) is 1. The summed E-state index contributed by atoms with van der Waals surface area (Å²) in [6.45, 7) is 2.83. The Balaban J connectivity index is 1.91. The summed E-state index contributed by atoms with van der Waals surface area (Å²) in [6.07, 6.45) is -3.36. The maximum atomic E-state index is 12.5. The molecule has 0 radical (unpaired) electrons. The Morgan fingerprint density at radius 3 is 2.55 bits per heavy atom. The minimum atomic E-state index is -4.79. The molecule has 0 aliphatic rings. The highest BCUT2D eigenvalue weighted by molar-refractivity contribution is 5.93. The van der Waals surface area contributed by atoms with Crippen molar-refractivity contribution in [1.29, 1.82) is 0 Å². The van der Waals surface area contributed by atoms with Crippen LogP contribution in [-0.2, 0) is 6.42 Å². The van der Waals surface area contributed by atoms with Gasteiger partial charge in [-0.05, 0) is 49.6 Å². The summed E-state index contributed by atoms with van der Waals surface area (Å²) < 4.78 is 52.2. The average Bonchev–Trinajstić information content (AvgIpc) is 2.66. The van der Waals surface area contributed by atoms with Gasteiger partial charge in [-0.3, -0.25) is 4.99 Å². The summed E-state index contributed by atoms with van der Waals surface area (Å²) in [5.41, 5.74) is 6.93. The average molecular weight is 411 g/mol. The molecule has 9 heteroatoms. The first-order chi connectivity index (χ1) is 13.8. The van der Waals surface area contributed by atoms with Gasteiger partial charge in [0.05, 0.1) is 19.4 Å². The largest absolute Gasteiger partial charge is 0.573 e. The zero-order chi connectivity index (χ0) is 21.3. The third-order valence-electron chi connectivity index (χ3n) is 3.81. The summed E-state index contributed by atoms with van der Waals surface area (Å²) in [7, 11) is 1.58. The van der Waals surface area contributed by atoms with E-state index in [0.717, 1.165) is 12.0 Å². The first-order valence-corrected chi connectivity index (χ1v) is 9.03. The summed E-state index contributed by atoms with van der Waals surface area (Å²) >= 11 is 0. The molecule has 0 amide bonds.